The van der Waals surface area contributed by atoms with Crippen LogP contribution < -0.4 is 15.8 Å². The fourth-order valence-corrected chi connectivity index (χ4v) is 1.77. The maximum Gasteiger partial charge on any atom is 0.293 e. The van der Waals surface area contributed by atoms with Gasteiger partial charge in [-0.1, -0.05) is 6.92 Å². The molecule has 6 heteroatoms. The second kappa shape index (κ2) is 8.66. The first kappa shape index (κ1) is 15.7. The van der Waals surface area contributed by atoms with E-state index in [1.165, 1.54) is 0 Å². The Bertz CT molecular complexity index is 419. The zero-order chi connectivity index (χ0) is 14.1. The van der Waals surface area contributed by atoms with Gasteiger partial charge in [-0.15, -0.1) is 0 Å². The largest absolute Gasteiger partial charge is 0.383 e. The lowest BCUT2D eigenvalue weighted by molar-refractivity contribution is 0.200. The normalized spacial score (nSPS) is 10.7. The van der Waals surface area contributed by atoms with E-state index in [4.69, 9.17) is 4.74 Å². The van der Waals surface area contributed by atoms with Crippen LogP contribution in [0.15, 0.2) is 17.2 Å². The summed E-state index contributed by atoms with van der Waals surface area (Å²) in [5.74, 6) is 0.504. The highest BCUT2D eigenvalue weighted by Crippen LogP contribution is 2.00. The number of aromatic nitrogens is 2. The second-order valence-electron chi connectivity index (χ2n) is 4.41. The molecule has 0 aromatic carbocycles. The molecule has 1 heterocycles. The van der Waals surface area contributed by atoms with Crippen LogP contribution in [-0.4, -0.2) is 49.9 Å². The molecule has 108 valence electrons. The van der Waals surface area contributed by atoms with Crippen LogP contribution in [0.2, 0.25) is 0 Å². The van der Waals surface area contributed by atoms with Gasteiger partial charge in [0.2, 0.25) is 0 Å². The summed E-state index contributed by atoms with van der Waals surface area (Å²) in [4.78, 5) is 18.2. The van der Waals surface area contributed by atoms with Crippen molar-refractivity contribution in [2.24, 2.45) is 0 Å². The molecule has 0 aliphatic rings. The third kappa shape index (κ3) is 5.00. The molecule has 0 bridgehead atoms. The maximum atomic E-state index is 12.2. The predicted molar refractivity (Wildman–Crippen MR) is 76.8 cm³/mol. The molecule has 0 saturated carbocycles. The van der Waals surface area contributed by atoms with Crippen molar-refractivity contribution in [1.82, 2.24) is 14.9 Å². The third-order valence-corrected chi connectivity index (χ3v) is 2.83. The van der Waals surface area contributed by atoms with Crippen LogP contribution in [0.1, 0.15) is 13.3 Å². The van der Waals surface area contributed by atoms with E-state index in [0.717, 1.165) is 32.6 Å². The van der Waals surface area contributed by atoms with Gasteiger partial charge in [-0.2, -0.15) is 0 Å². The molecule has 1 aromatic heterocycles. The van der Waals surface area contributed by atoms with Crippen molar-refractivity contribution in [2.75, 3.05) is 45.3 Å². The van der Waals surface area contributed by atoms with Crippen LogP contribution in [0, 0.1) is 0 Å². The molecule has 6 nitrogen and oxygen atoms in total. The van der Waals surface area contributed by atoms with Crippen molar-refractivity contribution in [3.05, 3.63) is 22.7 Å². The van der Waals surface area contributed by atoms with Gasteiger partial charge in [0.1, 0.15) is 0 Å². The van der Waals surface area contributed by atoms with E-state index in [1.807, 2.05) is 11.9 Å². The molecule has 0 radical (unpaired) electrons. The van der Waals surface area contributed by atoms with Crippen LogP contribution in [0.5, 0.6) is 0 Å². The molecular formula is C13H24N4O2. The third-order valence-electron chi connectivity index (χ3n) is 2.83. The number of nitrogens with one attached hydrogen (secondary N) is 1. The molecule has 1 N–H and O–H groups in total. The Morgan fingerprint density at radius 3 is 2.95 bits per heavy atom. The Balaban J connectivity index is 2.54. The highest BCUT2D eigenvalue weighted by Gasteiger charge is 2.08. The number of aryl methyl sites for hydroxylation is 1. The molecule has 0 atom stereocenters. The van der Waals surface area contributed by atoms with E-state index in [2.05, 4.69) is 17.2 Å². The van der Waals surface area contributed by atoms with Crippen LogP contribution >= 0.6 is 0 Å². The van der Waals surface area contributed by atoms with Crippen molar-refractivity contribution in [3.8, 4) is 0 Å². The summed E-state index contributed by atoms with van der Waals surface area (Å²) in [6, 6.07) is 0. The zero-order valence-corrected chi connectivity index (χ0v) is 12.1. The van der Waals surface area contributed by atoms with E-state index < -0.39 is 0 Å². The highest BCUT2D eigenvalue weighted by molar-refractivity contribution is 5.34. The SMILES string of the molecule is CCCn1ccnc(N(C)CCNCCOC)c1=O. The first-order valence-corrected chi connectivity index (χ1v) is 6.67. The lowest BCUT2D eigenvalue weighted by Crippen LogP contribution is -2.35. The standard InChI is InChI=1S/C13H24N4O2/c1-4-8-17-10-6-15-12(13(17)18)16(2)9-5-14-7-11-19-3/h6,10,14H,4-5,7-9,11H2,1-3H3. The van der Waals surface area contributed by atoms with Crippen molar-refractivity contribution < 1.29 is 4.74 Å². The maximum absolute atomic E-state index is 12.2. The van der Waals surface area contributed by atoms with E-state index in [0.29, 0.717) is 12.4 Å². The van der Waals surface area contributed by atoms with Crippen LogP contribution in [-0.2, 0) is 11.3 Å². The second-order valence-corrected chi connectivity index (χ2v) is 4.41. The molecule has 0 aliphatic carbocycles. The van der Waals surface area contributed by atoms with Gasteiger partial charge >= 0.3 is 0 Å². The Morgan fingerprint density at radius 2 is 2.26 bits per heavy atom. The number of rotatable bonds is 9. The van der Waals surface area contributed by atoms with Crippen molar-refractivity contribution in [2.45, 2.75) is 19.9 Å². The summed E-state index contributed by atoms with van der Waals surface area (Å²) in [6.45, 7) is 5.82. The van der Waals surface area contributed by atoms with Gasteiger partial charge in [-0.05, 0) is 6.42 Å². The van der Waals surface area contributed by atoms with E-state index in [1.54, 1.807) is 24.1 Å². The number of hydrogen-bond acceptors (Lipinski definition) is 5. The molecule has 1 rings (SSSR count). The molecule has 0 saturated heterocycles. The average Bonchev–Trinajstić information content (AvgIpc) is 2.41. The van der Waals surface area contributed by atoms with Gasteiger partial charge in [0.25, 0.3) is 5.56 Å². The molecule has 0 spiro atoms. The summed E-state index contributed by atoms with van der Waals surface area (Å²) in [7, 11) is 3.57. The minimum atomic E-state index is -0.0243. The fraction of sp³-hybridized carbons (Fsp3) is 0.692. The molecule has 0 unspecified atom stereocenters. The lowest BCUT2D eigenvalue weighted by atomic mass is 10.4. The lowest BCUT2D eigenvalue weighted by Gasteiger charge is -2.18. The van der Waals surface area contributed by atoms with Crippen LogP contribution in [0.3, 0.4) is 0 Å². The topological polar surface area (TPSA) is 59.4 Å². The smallest absolute Gasteiger partial charge is 0.293 e. The average molecular weight is 268 g/mol. The van der Waals surface area contributed by atoms with Gasteiger partial charge < -0.3 is 19.5 Å². The number of nitrogens with zero attached hydrogens (tertiary/aromatic N) is 3. The summed E-state index contributed by atoms with van der Waals surface area (Å²) in [5.41, 5.74) is -0.0243. The minimum absolute atomic E-state index is 0.0243. The first-order chi connectivity index (χ1) is 9.20. The molecule has 1 aromatic rings. The van der Waals surface area contributed by atoms with Gasteiger partial charge in [0.05, 0.1) is 6.61 Å². The molecule has 0 fully saturated rings. The van der Waals surface area contributed by atoms with Gasteiger partial charge in [-0.25, -0.2) is 4.98 Å². The molecule has 0 amide bonds. The number of methoxy groups -OCH3 is 1. The monoisotopic (exact) mass is 268 g/mol. The summed E-state index contributed by atoms with van der Waals surface area (Å²) in [6.07, 6.45) is 4.35. The van der Waals surface area contributed by atoms with Crippen molar-refractivity contribution >= 4 is 5.82 Å². The summed E-state index contributed by atoms with van der Waals surface area (Å²) in [5, 5.41) is 3.24. The van der Waals surface area contributed by atoms with E-state index in [-0.39, 0.29) is 5.56 Å². The molecular weight excluding hydrogens is 244 g/mol. The zero-order valence-electron chi connectivity index (χ0n) is 12.1. The van der Waals surface area contributed by atoms with Gasteiger partial charge in [0, 0.05) is 52.7 Å². The number of hydrogen-bond donors (Lipinski definition) is 1. The highest BCUT2D eigenvalue weighted by atomic mass is 16.5. The first-order valence-electron chi connectivity index (χ1n) is 6.67. The summed E-state index contributed by atoms with van der Waals surface area (Å²) < 4.78 is 6.66. The van der Waals surface area contributed by atoms with Crippen molar-refractivity contribution in [3.63, 3.8) is 0 Å². The number of anilines is 1. The fourth-order valence-electron chi connectivity index (χ4n) is 1.77. The van der Waals surface area contributed by atoms with Crippen LogP contribution in [0.25, 0.3) is 0 Å². The Labute approximate surface area is 114 Å². The Hall–Kier alpha value is -1.40. The molecule has 19 heavy (non-hydrogen) atoms. The number of likely N-dealkylation sites (N-methyl/N-ethyl adjacent to an activating group) is 1. The minimum Gasteiger partial charge on any atom is -0.383 e. The summed E-state index contributed by atoms with van der Waals surface area (Å²) >= 11 is 0. The number of ether oxygens (including phenoxy) is 1. The quantitative estimate of drug-likeness (QED) is 0.654. The van der Waals surface area contributed by atoms with Gasteiger partial charge in [-0.3, -0.25) is 4.79 Å². The van der Waals surface area contributed by atoms with Crippen LogP contribution in [0.4, 0.5) is 5.82 Å². The predicted octanol–water partition coefficient (Wildman–Crippen LogP) is 0.326. The van der Waals surface area contributed by atoms with Gasteiger partial charge in [0.15, 0.2) is 5.82 Å². The Kier molecular flexibility index (Phi) is 7.14. The van der Waals surface area contributed by atoms with E-state index in [9.17, 15) is 4.79 Å². The van der Waals surface area contributed by atoms with E-state index >= 15 is 0 Å². The molecule has 0 aliphatic heterocycles. The Morgan fingerprint density at radius 1 is 1.47 bits per heavy atom. The van der Waals surface area contributed by atoms with Crippen molar-refractivity contribution in [1.29, 1.82) is 0 Å².